The Bertz CT molecular complexity index is 731. The van der Waals surface area contributed by atoms with Crippen LogP contribution in [0.2, 0.25) is 0 Å². The van der Waals surface area contributed by atoms with Gasteiger partial charge in [0.1, 0.15) is 0 Å². The lowest BCUT2D eigenvalue weighted by atomic mass is 9.77. The van der Waals surface area contributed by atoms with Crippen molar-refractivity contribution in [3.63, 3.8) is 0 Å². The van der Waals surface area contributed by atoms with E-state index >= 15 is 0 Å². The molecular weight excluding hydrogens is 340 g/mol. The molecule has 2 aliphatic heterocycles. The van der Waals surface area contributed by atoms with E-state index in [0.717, 1.165) is 37.8 Å². The van der Waals surface area contributed by atoms with Crippen molar-refractivity contribution in [3.05, 3.63) is 42.0 Å². The highest BCUT2D eigenvalue weighted by Gasteiger charge is 2.53. The van der Waals surface area contributed by atoms with E-state index in [9.17, 15) is 14.7 Å². The Hall–Kier alpha value is -2.14. The number of aliphatic hydroxyl groups excluding tert-OH is 1. The lowest BCUT2D eigenvalue weighted by Crippen LogP contribution is -2.47. The van der Waals surface area contributed by atoms with Gasteiger partial charge in [-0.15, -0.1) is 0 Å². The first kappa shape index (κ1) is 18.2. The second-order valence-corrected chi connectivity index (χ2v) is 8.49. The van der Waals surface area contributed by atoms with Crippen LogP contribution in [0.4, 0.5) is 0 Å². The van der Waals surface area contributed by atoms with Crippen LogP contribution in [0.25, 0.3) is 6.08 Å². The molecule has 2 saturated heterocycles. The normalized spacial score (nSPS) is 23.4. The van der Waals surface area contributed by atoms with Crippen molar-refractivity contribution in [3.8, 4) is 0 Å². The number of carbonyl (C=O) groups is 2. The topological polar surface area (TPSA) is 60.9 Å². The van der Waals surface area contributed by atoms with Crippen LogP contribution in [0.3, 0.4) is 0 Å². The Morgan fingerprint density at radius 3 is 2.44 bits per heavy atom. The fourth-order valence-corrected chi connectivity index (χ4v) is 4.47. The second kappa shape index (κ2) is 7.12. The first-order valence-electron chi connectivity index (χ1n) is 9.96. The molecule has 1 aliphatic carbocycles. The van der Waals surface area contributed by atoms with Gasteiger partial charge in [0.15, 0.2) is 0 Å². The van der Waals surface area contributed by atoms with E-state index in [0.29, 0.717) is 26.1 Å². The fourth-order valence-electron chi connectivity index (χ4n) is 4.47. The lowest BCUT2D eigenvalue weighted by molar-refractivity contribution is -0.140. The molecule has 3 aliphatic rings. The Labute approximate surface area is 160 Å². The molecule has 0 radical (unpaired) electrons. The van der Waals surface area contributed by atoms with E-state index in [1.54, 1.807) is 0 Å². The molecule has 1 N–H and O–H groups in total. The molecule has 4 rings (SSSR count). The number of rotatable bonds is 5. The van der Waals surface area contributed by atoms with Gasteiger partial charge in [-0.1, -0.05) is 42.5 Å². The standard InChI is InChI=1S/C22H28N2O3/c25-17-22(8-9-22)20(27)23-13-10-21(11-14-23)15-19(26)24(16-21)12-4-7-18-5-2-1-3-6-18/h1-7,25H,8-17H2. The zero-order chi connectivity index (χ0) is 18.9. The van der Waals surface area contributed by atoms with Crippen molar-refractivity contribution >= 4 is 17.9 Å². The SMILES string of the molecule is O=C1CC2(CCN(C(=O)C3(CO)CC3)CC2)CN1CC=Cc1ccccc1. The summed E-state index contributed by atoms with van der Waals surface area (Å²) in [6.45, 7) is 2.82. The van der Waals surface area contributed by atoms with E-state index in [1.165, 1.54) is 0 Å². The molecule has 1 aromatic carbocycles. The summed E-state index contributed by atoms with van der Waals surface area (Å²) in [6.07, 6.45) is 8.09. The lowest BCUT2D eigenvalue weighted by Gasteiger charge is -2.40. The summed E-state index contributed by atoms with van der Waals surface area (Å²) in [5, 5.41) is 9.49. The first-order valence-corrected chi connectivity index (χ1v) is 9.96. The highest BCUT2D eigenvalue weighted by atomic mass is 16.3. The van der Waals surface area contributed by atoms with Crippen LogP contribution in [0.15, 0.2) is 36.4 Å². The molecule has 0 atom stereocenters. The van der Waals surface area contributed by atoms with Crippen molar-refractivity contribution in [2.24, 2.45) is 10.8 Å². The number of carbonyl (C=O) groups excluding carboxylic acids is 2. The Kier molecular flexibility index (Phi) is 4.81. The summed E-state index contributed by atoms with van der Waals surface area (Å²) in [5.41, 5.74) is 0.679. The Morgan fingerprint density at radius 1 is 1.11 bits per heavy atom. The predicted octanol–water partition coefficient (Wildman–Crippen LogP) is 2.31. The summed E-state index contributed by atoms with van der Waals surface area (Å²) in [6, 6.07) is 10.1. The van der Waals surface area contributed by atoms with E-state index in [4.69, 9.17) is 0 Å². The molecular formula is C22H28N2O3. The quantitative estimate of drug-likeness (QED) is 0.868. The fraction of sp³-hybridized carbons (Fsp3) is 0.545. The van der Waals surface area contributed by atoms with Gasteiger partial charge in [-0.25, -0.2) is 0 Å². The van der Waals surface area contributed by atoms with Crippen LogP contribution in [-0.4, -0.2) is 59.5 Å². The van der Waals surface area contributed by atoms with Crippen LogP contribution in [0, 0.1) is 10.8 Å². The number of nitrogens with zero attached hydrogens (tertiary/aromatic N) is 2. The Balaban J connectivity index is 1.31. The van der Waals surface area contributed by atoms with Gasteiger partial charge in [-0.3, -0.25) is 9.59 Å². The van der Waals surface area contributed by atoms with Crippen LogP contribution in [0.1, 0.15) is 37.7 Å². The third-order valence-electron chi connectivity index (χ3n) is 6.56. The maximum Gasteiger partial charge on any atom is 0.231 e. The zero-order valence-electron chi connectivity index (χ0n) is 15.8. The number of amides is 2. The number of piperidine rings is 1. The van der Waals surface area contributed by atoms with Crippen molar-refractivity contribution < 1.29 is 14.7 Å². The minimum absolute atomic E-state index is 0.0182. The number of benzene rings is 1. The van der Waals surface area contributed by atoms with Crippen LogP contribution in [0.5, 0.6) is 0 Å². The van der Waals surface area contributed by atoms with Gasteiger partial charge in [-0.2, -0.15) is 0 Å². The van der Waals surface area contributed by atoms with E-state index in [-0.39, 0.29) is 23.8 Å². The van der Waals surface area contributed by atoms with Crippen LogP contribution >= 0.6 is 0 Å². The molecule has 144 valence electrons. The third-order valence-corrected chi connectivity index (χ3v) is 6.56. The highest BCUT2D eigenvalue weighted by Crippen LogP contribution is 2.48. The summed E-state index contributed by atoms with van der Waals surface area (Å²) in [5.74, 6) is 0.341. The summed E-state index contributed by atoms with van der Waals surface area (Å²) >= 11 is 0. The molecule has 2 amide bonds. The monoisotopic (exact) mass is 368 g/mol. The largest absolute Gasteiger partial charge is 0.395 e. The molecule has 0 bridgehead atoms. The van der Waals surface area contributed by atoms with Crippen LogP contribution in [-0.2, 0) is 9.59 Å². The average Bonchev–Trinajstić information content (AvgIpc) is 3.44. The molecule has 1 saturated carbocycles. The molecule has 5 heteroatoms. The van der Waals surface area contributed by atoms with E-state index < -0.39 is 5.41 Å². The number of likely N-dealkylation sites (tertiary alicyclic amines) is 2. The van der Waals surface area contributed by atoms with Crippen molar-refractivity contribution in [1.82, 2.24) is 9.80 Å². The molecule has 27 heavy (non-hydrogen) atoms. The molecule has 0 aromatic heterocycles. The van der Waals surface area contributed by atoms with Gasteiger partial charge >= 0.3 is 0 Å². The molecule has 0 unspecified atom stereocenters. The van der Waals surface area contributed by atoms with Gasteiger partial charge in [0.25, 0.3) is 0 Å². The molecule has 3 fully saturated rings. The second-order valence-electron chi connectivity index (χ2n) is 8.49. The molecule has 1 spiro atoms. The molecule has 2 heterocycles. The van der Waals surface area contributed by atoms with E-state index in [2.05, 4.69) is 24.3 Å². The number of aliphatic hydroxyl groups is 1. The van der Waals surface area contributed by atoms with Crippen molar-refractivity contribution in [2.45, 2.75) is 32.1 Å². The smallest absolute Gasteiger partial charge is 0.231 e. The van der Waals surface area contributed by atoms with Crippen molar-refractivity contribution in [1.29, 1.82) is 0 Å². The van der Waals surface area contributed by atoms with Gasteiger partial charge in [0.2, 0.25) is 11.8 Å². The summed E-state index contributed by atoms with van der Waals surface area (Å²) < 4.78 is 0. The van der Waals surface area contributed by atoms with Gasteiger partial charge in [0, 0.05) is 38.0 Å². The van der Waals surface area contributed by atoms with Crippen molar-refractivity contribution in [2.75, 3.05) is 32.8 Å². The van der Waals surface area contributed by atoms with Gasteiger partial charge < -0.3 is 14.9 Å². The molecule has 5 nitrogen and oxygen atoms in total. The average molecular weight is 368 g/mol. The first-order chi connectivity index (χ1) is 13.1. The summed E-state index contributed by atoms with van der Waals surface area (Å²) in [7, 11) is 0. The third kappa shape index (κ3) is 3.65. The minimum atomic E-state index is -0.482. The van der Waals surface area contributed by atoms with Crippen LogP contribution < -0.4 is 0 Å². The van der Waals surface area contributed by atoms with E-state index in [1.807, 2.05) is 28.0 Å². The summed E-state index contributed by atoms with van der Waals surface area (Å²) in [4.78, 5) is 29.0. The maximum absolute atomic E-state index is 12.6. The highest BCUT2D eigenvalue weighted by molar-refractivity contribution is 5.86. The zero-order valence-corrected chi connectivity index (χ0v) is 15.8. The molecule has 1 aromatic rings. The van der Waals surface area contributed by atoms with Gasteiger partial charge in [0.05, 0.1) is 12.0 Å². The maximum atomic E-state index is 12.6. The predicted molar refractivity (Wildman–Crippen MR) is 104 cm³/mol. The Morgan fingerprint density at radius 2 is 1.81 bits per heavy atom. The minimum Gasteiger partial charge on any atom is -0.395 e. The number of hydrogen-bond donors (Lipinski definition) is 1. The number of hydrogen-bond acceptors (Lipinski definition) is 3. The van der Waals surface area contributed by atoms with Gasteiger partial charge in [-0.05, 0) is 31.2 Å².